The van der Waals surface area contributed by atoms with Crippen molar-refractivity contribution in [1.82, 2.24) is 0 Å². The summed E-state index contributed by atoms with van der Waals surface area (Å²) in [6.45, 7) is 0. The van der Waals surface area contributed by atoms with Crippen molar-refractivity contribution >= 4 is 12.2 Å². The fraction of sp³-hybridized carbons (Fsp3) is 0.0526. The zero-order chi connectivity index (χ0) is 13.3. The van der Waals surface area contributed by atoms with Crippen molar-refractivity contribution in [1.29, 1.82) is 0 Å². The average Bonchev–Trinajstić information content (AvgIpc) is 2.49. The van der Waals surface area contributed by atoms with E-state index in [0.29, 0.717) is 0 Å². The van der Waals surface area contributed by atoms with Crippen molar-refractivity contribution in [3.63, 3.8) is 0 Å². The molecule has 0 aliphatic heterocycles. The van der Waals surface area contributed by atoms with Crippen LogP contribution in [0.3, 0.4) is 0 Å². The van der Waals surface area contributed by atoms with E-state index < -0.39 is 0 Å². The summed E-state index contributed by atoms with van der Waals surface area (Å²) in [6.07, 6.45) is 13.7. The highest BCUT2D eigenvalue weighted by atomic mass is 14.0. The van der Waals surface area contributed by atoms with Crippen LogP contribution in [0.4, 0.5) is 0 Å². The third-order valence-corrected chi connectivity index (χ3v) is 2.78. The lowest BCUT2D eigenvalue weighted by Crippen LogP contribution is -1.85. The Hall–Kier alpha value is -2.52. The van der Waals surface area contributed by atoms with Crippen LogP contribution < -0.4 is 0 Å². The SMILES string of the molecule is C#CC(C=Cc1ccccc1)C=Cc1ccccc1. The van der Waals surface area contributed by atoms with E-state index >= 15 is 0 Å². The summed E-state index contributed by atoms with van der Waals surface area (Å²) >= 11 is 0. The quantitative estimate of drug-likeness (QED) is 0.686. The maximum absolute atomic E-state index is 5.55. The van der Waals surface area contributed by atoms with Crippen LogP contribution in [0.25, 0.3) is 12.2 Å². The van der Waals surface area contributed by atoms with Gasteiger partial charge in [0.05, 0.1) is 5.92 Å². The minimum absolute atomic E-state index is 0.0143. The molecule has 0 radical (unpaired) electrons. The molecule has 0 heteroatoms. The molecule has 0 aliphatic carbocycles. The predicted molar refractivity (Wildman–Crippen MR) is 83.3 cm³/mol. The Balaban J connectivity index is 2.04. The molecular weight excluding hydrogens is 228 g/mol. The summed E-state index contributed by atoms with van der Waals surface area (Å²) in [6, 6.07) is 20.3. The lowest BCUT2D eigenvalue weighted by atomic mass is 10.1. The van der Waals surface area contributed by atoms with E-state index in [1.165, 1.54) is 0 Å². The molecule has 0 heterocycles. The van der Waals surface area contributed by atoms with E-state index in [0.717, 1.165) is 11.1 Å². The van der Waals surface area contributed by atoms with Crippen LogP contribution >= 0.6 is 0 Å². The lowest BCUT2D eigenvalue weighted by molar-refractivity contribution is 1.14. The van der Waals surface area contributed by atoms with Crippen molar-refractivity contribution in [2.24, 2.45) is 5.92 Å². The van der Waals surface area contributed by atoms with Gasteiger partial charge < -0.3 is 0 Å². The summed E-state index contributed by atoms with van der Waals surface area (Å²) in [4.78, 5) is 0. The van der Waals surface area contributed by atoms with Gasteiger partial charge in [-0.25, -0.2) is 0 Å². The number of allylic oxidation sites excluding steroid dienone is 2. The van der Waals surface area contributed by atoms with Crippen molar-refractivity contribution in [2.45, 2.75) is 0 Å². The first-order chi connectivity index (χ1) is 9.38. The second-order valence-electron chi connectivity index (χ2n) is 4.23. The number of terminal acetylenes is 1. The zero-order valence-electron chi connectivity index (χ0n) is 10.7. The van der Waals surface area contributed by atoms with Gasteiger partial charge >= 0.3 is 0 Å². The van der Waals surface area contributed by atoms with Crippen LogP contribution in [0.5, 0.6) is 0 Å². The fourth-order valence-corrected chi connectivity index (χ4v) is 1.73. The van der Waals surface area contributed by atoms with E-state index in [9.17, 15) is 0 Å². The van der Waals surface area contributed by atoms with Gasteiger partial charge in [0.1, 0.15) is 0 Å². The van der Waals surface area contributed by atoms with E-state index in [1.807, 2.05) is 48.6 Å². The largest absolute Gasteiger partial charge is 0.119 e. The Morgan fingerprint density at radius 3 is 1.53 bits per heavy atom. The third-order valence-electron chi connectivity index (χ3n) is 2.78. The Bertz CT molecular complexity index is 533. The van der Waals surface area contributed by atoms with Crippen LogP contribution in [0, 0.1) is 18.3 Å². The van der Waals surface area contributed by atoms with Crippen LogP contribution in [-0.2, 0) is 0 Å². The molecule has 0 bridgehead atoms. The minimum Gasteiger partial charge on any atom is -0.119 e. The molecule has 92 valence electrons. The molecule has 0 nitrogen and oxygen atoms in total. The fourth-order valence-electron chi connectivity index (χ4n) is 1.73. The van der Waals surface area contributed by atoms with Gasteiger partial charge in [-0.1, -0.05) is 90.9 Å². The van der Waals surface area contributed by atoms with E-state index in [4.69, 9.17) is 6.42 Å². The molecule has 0 aromatic heterocycles. The number of benzene rings is 2. The van der Waals surface area contributed by atoms with E-state index in [1.54, 1.807) is 0 Å². The van der Waals surface area contributed by atoms with Crippen LogP contribution in [0.2, 0.25) is 0 Å². The molecule has 2 aromatic carbocycles. The van der Waals surface area contributed by atoms with E-state index in [-0.39, 0.29) is 5.92 Å². The highest BCUT2D eigenvalue weighted by Crippen LogP contribution is 2.09. The third kappa shape index (κ3) is 4.33. The summed E-state index contributed by atoms with van der Waals surface area (Å²) in [5.74, 6) is 2.78. The first kappa shape index (κ1) is 12.9. The van der Waals surface area contributed by atoms with Crippen molar-refractivity contribution in [3.8, 4) is 12.3 Å². The van der Waals surface area contributed by atoms with Crippen molar-refractivity contribution in [3.05, 3.63) is 83.9 Å². The molecule has 0 aliphatic rings. The summed E-state index contributed by atoms with van der Waals surface area (Å²) in [5, 5.41) is 0. The number of rotatable bonds is 4. The molecule has 2 aromatic rings. The lowest BCUT2D eigenvalue weighted by Gasteiger charge is -1.98. The van der Waals surface area contributed by atoms with Gasteiger partial charge in [0.2, 0.25) is 0 Å². The number of hydrogen-bond acceptors (Lipinski definition) is 0. The van der Waals surface area contributed by atoms with Crippen LogP contribution in [-0.4, -0.2) is 0 Å². The highest BCUT2D eigenvalue weighted by molar-refractivity contribution is 5.54. The molecule has 19 heavy (non-hydrogen) atoms. The number of hydrogen-bond donors (Lipinski definition) is 0. The molecular formula is C19H16. The topological polar surface area (TPSA) is 0 Å². The van der Waals surface area contributed by atoms with Gasteiger partial charge in [-0.15, -0.1) is 6.42 Å². The first-order valence-electron chi connectivity index (χ1n) is 6.31. The Morgan fingerprint density at radius 2 is 1.16 bits per heavy atom. The standard InChI is InChI=1S/C19H16/c1-2-17(13-15-18-9-5-3-6-10-18)14-16-19-11-7-4-8-12-19/h1,3-17H. The normalized spacial score (nSPS) is 12.6. The zero-order valence-corrected chi connectivity index (χ0v) is 10.7. The smallest absolute Gasteiger partial charge is 0.0567 e. The van der Waals surface area contributed by atoms with Gasteiger partial charge in [-0.3, -0.25) is 0 Å². The van der Waals surface area contributed by atoms with Gasteiger partial charge in [0.25, 0.3) is 0 Å². The van der Waals surface area contributed by atoms with Crippen LogP contribution in [0.15, 0.2) is 72.8 Å². The molecule has 0 spiro atoms. The Morgan fingerprint density at radius 1 is 0.737 bits per heavy atom. The van der Waals surface area contributed by atoms with Gasteiger partial charge in [0, 0.05) is 0 Å². The van der Waals surface area contributed by atoms with Crippen molar-refractivity contribution in [2.75, 3.05) is 0 Å². The molecule has 0 saturated heterocycles. The Labute approximate surface area is 115 Å². The average molecular weight is 244 g/mol. The van der Waals surface area contributed by atoms with Gasteiger partial charge in [0.15, 0.2) is 0 Å². The molecule has 0 fully saturated rings. The summed E-state index contributed by atoms with van der Waals surface area (Å²) < 4.78 is 0. The molecule has 0 unspecified atom stereocenters. The van der Waals surface area contributed by atoms with Gasteiger partial charge in [-0.2, -0.15) is 0 Å². The van der Waals surface area contributed by atoms with Crippen LogP contribution in [0.1, 0.15) is 11.1 Å². The molecule has 2 rings (SSSR count). The molecule has 0 atom stereocenters. The molecule has 0 amide bonds. The van der Waals surface area contributed by atoms with Gasteiger partial charge in [-0.05, 0) is 11.1 Å². The predicted octanol–water partition coefficient (Wildman–Crippen LogP) is 4.66. The summed E-state index contributed by atoms with van der Waals surface area (Å²) in [7, 11) is 0. The highest BCUT2D eigenvalue weighted by Gasteiger charge is 1.94. The van der Waals surface area contributed by atoms with E-state index in [2.05, 4.69) is 42.3 Å². The maximum atomic E-state index is 5.55. The summed E-state index contributed by atoms with van der Waals surface area (Å²) in [5.41, 5.74) is 2.33. The molecule has 0 N–H and O–H groups in total. The second-order valence-corrected chi connectivity index (χ2v) is 4.23. The minimum atomic E-state index is 0.0143. The maximum Gasteiger partial charge on any atom is 0.0567 e. The monoisotopic (exact) mass is 244 g/mol. The first-order valence-corrected chi connectivity index (χ1v) is 6.31. The molecule has 0 saturated carbocycles. The Kier molecular flexibility index (Phi) is 4.79. The van der Waals surface area contributed by atoms with Crippen molar-refractivity contribution < 1.29 is 0 Å². The second kappa shape index (κ2) is 7.03.